The molecule has 5 fully saturated rings. The van der Waals surface area contributed by atoms with Crippen LogP contribution in [0.2, 0.25) is 0 Å². The first-order chi connectivity index (χ1) is 15.0. The Kier molecular flexibility index (Phi) is 6.33. The minimum Gasteiger partial charge on any atom is -0.339 e. The van der Waals surface area contributed by atoms with E-state index in [2.05, 4.69) is 17.1 Å². The summed E-state index contributed by atoms with van der Waals surface area (Å²) in [4.78, 5) is 30.0. The molecule has 0 aromatic carbocycles. The maximum atomic E-state index is 13.2. The number of fused-ring (bicyclic) bond motifs is 1. The molecule has 5 nitrogen and oxygen atoms in total. The van der Waals surface area contributed by atoms with Crippen LogP contribution in [0, 0.1) is 35.0 Å². The van der Waals surface area contributed by atoms with E-state index in [1.807, 2.05) is 4.90 Å². The van der Waals surface area contributed by atoms with Gasteiger partial charge in [-0.25, -0.2) is 0 Å². The highest BCUT2D eigenvalue weighted by atomic mass is 16.2. The van der Waals surface area contributed by atoms with Crippen molar-refractivity contribution in [3.05, 3.63) is 0 Å². The Balaban J connectivity index is 1.06. The number of amides is 2. The number of rotatable bonds is 3. The van der Waals surface area contributed by atoms with Crippen LogP contribution in [0.15, 0.2) is 0 Å². The first-order valence-electron chi connectivity index (χ1n) is 13.3. The van der Waals surface area contributed by atoms with Crippen LogP contribution in [0.25, 0.3) is 0 Å². The van der Waals surface area contributed by atoms with Crippen LogP contribution in [0.3, 0.4) is 0 Å². The first kappa shape index (κ1) is 21.7. The predicted octanol–water partition coefficient (Wildman–Crippen LogP) is 3.68. The predicted molar refractivity (Wildman–Crippen MR) is 122 cm³/mol. The summed E-state index contributed by atoms with van der Waals surface area (Å²) in [5.41, 5.74) is -0.113. The number of carbonyl (C=O) groups excluding carboxylic acids is 2. The van der Waals surface area contributed by atoms with E-state index in [9.17, 15) is 9.59 Å². The molecule has 3 saturated carbocycles. The number of piperazine rings is 1. The molecule has 3 atom stereocenters. The second kappa shape index (κ2) is 9.03. The Morgan fingerprint density at radius 3 is 2.06 bits per heavy atom. The van der Waals surface area contributed by atoms with E-state index >= 15 is 0 Å². The van der Waals surface area contributed by atoms with Gasteiger partial charge in [-0.15, -0.1) is 0 Å². The Morgan fingerprint density at radius 2 is 1.39 bits per heavy atom. The summed E-state index contributed by atoms with van der Waals surface area (Å²) >= 11 is 0. The molecule has 3 unspecified atom stereocenters. The van der Waals surface area contributed by atoms with Crippen molar-refractivity contribution in [2.24, 2.45) is 35.0 Å². The molecule has 5 rings (SSSR count). The molecule has 0 spiro atoms. The first-order valence-corrected chi connectivity index (χ1v) is 13.3. The zero-order valence-corrected chi connectivity index (χ0v) is 19.6. The van der Waals surface area contributed by atoms with Crippen molar-refractivity contribution >= 4 is 11.8 Å². The van der Waals surface area contributed by atoms with Gasteiger partial charge in [-0.05, 0) is 101 Å². The lowest BCUT2D eigenvalue weighted by Crippen LogP contribution is -2.56. The maximum absolute atomic E-state index is 13.2. The Morgan fingerprint density at radius 1 is 0.774 bits per heavy atom. The third-order valence-electron chi connectivity index (χ3n) is 9.92. The molecule has 2 aliphatic heterocycles. The Bertz CT molecular complexity index is 660. The highest BCUT2D eigenvalue weighted by molar-refractivity contribution is 5.84. The standard InChI is InChI=1S/C26H43N3O2/c1-26(10-2-11-26)25(31)29-15-13-28(14-16-29)24(30)20-5-3-19(4-6-20)21-7-8-23-18-27-12-9-22(23)17-21/h19-23,27H,2-18H2,1H3. The molecule has 0 radical (unpaired) electrons. The Hall–Kier alpha value is -1.10. The molecule has 2 saturated heterocycles. The van der Waals surface area contributed by atoms with Crippen molar-refractivity contribution in [1.82, 2.24) is 15.1 Å². The van der Waals surface area contributed by atoms with Crippen molar-refractivity contribution in [2.45, 2.75) is 77.6 Å². The normalized spacial score (nSPS) is 38.2. The van der Waals surface area contributed by atoms with Crippen molar-refractivity contribution in [2.75, 3.05) is 39.3 Å². The molecule has 0 aromatic heterocycles. The lowest BCUT2D eigenvalue weighted by Gasteiger charge is -2.45. The summed E-state index contributed by atoms with van der Waals surface area (Å²) in [6, 6.07) is 0. The largest absolute Gasteiger partial charge is 0.339 e. The van der Waals surface area contributed by atoms with Crippen molar-refractivity contribution < 1.29 is 9.59 Å². The molecule has 5 aliphatic rings. The summed E-state index contributed by atoms with van der Waals surface area (Å²) in [5.74, 6) is 4.60. The van der Waals surface area contributed by atoms with Gasteiger partial charge in [0.25, 0.3) is 0 Å². The van der Waals surface area contributed by atoms with E-state index in [0.29, 0.717) is 11.8 Å². The van der Waals surface area contributed by atoms with Gasteiger partial charge in [0, 0.05) is 37.5 Å². The summed E-state index contributed by atoms with van der Waals surface area (Å²) in [7, 11) is 0. The van der Waals surface area contributed by atoms with Crippen LogP contribution >= 0.6 is 0 Å². The maximum Gasteiger partial charge on any atom is 0.228 e. The van der Waals surface area contributed by atoms with Gasteiger partial charge in [0.1, 0.15) is 0 Å². The molecule has 1 N–H and O–H groups in total. The number of nitrogens with one attached hydrogen (secondary N) is 1. The fraction of sp³-hybridized carbons (Fsp3) is 0.923. The molecular formula is C26H43N3O2. The number of piperidine rings is 1. The highest BCUT2D eigenvalue weighted by Gasteiger charge is 2.43. The smallest absolute Gasteiger partial charge is 0.228 e. The molecule has 2 amide bonds. The molecule has 174 valence electrons. The van der Waals surface area contributed by atoms with Crippen LogP contribution in [0.1, 0.15) is 77.6 Å². The van der Waals surface area contributed by atoms with Gasteiger partial charge >= 0.3 is 0 Å². The van der Waals surface area contributed by atoms with E-state index < -0.39 is 0 Å². The second-order valence-electron chi connectivity index (χ2n) is 11.7. The van der Waals surface area contributed by atoms with Gasteiger partial charge in [0.2, 0.25) is 11.8 Å². The summed E-state index contributed by atoms with van der Waals surface area (Å²) in [6.07, 6.45) is 13.6. The van der Waals surface area contributed by atoms with E-state index in [1.165, 1.54) is 58.0 Å². The van der Waals surface area contributed by atoms with Crippen LogP contribution in [-0.2, 0) is 9.59 Å². The van der Waals surface area contributed by atoms with Gasteiger partial charge in [-0.2, -0.15) is 0 Å². The fourth-order valence-corrected chi connectivity index (χ4v) is 7.52. The van der Waals surface area contributed by atoms with Crippen molar-refractivity contribution in [1.29, 1.82) is 0 Å². The van der Waals surface area contributed by atoms with Gasteiger partial charge in [0.05, 0.1) is 0 Å². The summed E-state index contributed by atoms with van der Waals surface area (Å²) < 4.78 is 0. The Labute approximate surface area is 188 Å². The molecule has 0 aromatic rings. The lowest BCUT2D eigenvalue weighted by molar-refractivity contribution is -0.151. The van der Waals surface area contributed by atoms with Gasteiger partial charge in [-0.1, -0.05) is 13.3 Å². The monoisotopic (exact) mass is 429 g/mol. The average molecular weight is 430 g/mol. The highest BCUT2D eigenvalue weighted by Crippen LogP contribution is 2.45. The molecule has 0 bridgehead atoms. The third kappa shape index (κ3) is 4.41. The van der Waals surface area contributed by atoms with Crippen LogP contribution in [0.4, 0.5) is 0 Å². The number of hydrogen-bond acceptors (Lipinski definition) is 3. The minimum atomic E-state index is -0.113. The second-order valence-corrected chi connectivity index (χ2v) is 11.7. The molecule has 31 heavy (non-hydrogen) atoms. The topological polar surface area (TPSA) is 52.7 Å². The molecule has 5 heteroatoms. The summed E-state index contributed by atoms with van der Waals surface area (Å²) in [5, 5.41) is 3.59. The van der Waals surface area contributed by atoms with Gasteiger partial charge in [0.15, 0.2) is 0 Å². The average Bonchev–Trinajstić information content (AvgIpc) is 2.81. The number of hydrogen-bond donors (Lipinski definition) is 1. The van der Waals surface area contributed by atoms with Crippen molar-refractivity contribution in [3.63, 3.8) is 0 Å². The van der Waals surface area contributed by atoms with E-state index in [1.54, 1.807) is 0 Å². The zero-order valence-electron chi connectivity index (χ0n) is 19.6. The van der Waals surface area contributed by atoms with E-state index in [-0.39, 0.29) is 11.3 Å². The number of carbonyl (C=O) groups is 2. The quantitative estimate of drug-likeness (QED) is 0.745. The van der Waals surface area contributed by atoms with E-state index in [4.69, 9.17) is 0 Å². The SMILES string of the molecule is CC1(C(=O)N2CCN(C(=O)C3CCC(C4CCC5CNCCC5C4)CC3)CC2)CCC1. The van der Waals surface area contributed by atoms with Crippen LogP contribution < -0.4 is 5.32 Å². The molecule has 3 aliphatic carbocycles. The van der Waals surface area contributed by atoms with Gasteiger partial charge in [-0.3, -0.25) is 9.59 Å². The lowest BCUT2D eigenvalue weighted by atomic mass is 9.64. The minimum absolute atomic E-state index is 0.113. The number of nitrogens with zero attached hydrogens (tertiary/aromatic N) is 2. The molecular weight excluding hydrogens is 386 g/mol. The summed E-state index contributed by atoms with van der Waals surface area (Å²) in [6.45, 7) is 7.51. The third-order valence-corrected chi connectivity index (χ3v) is 9.92. The van der Waals surface area contributed by atoms with Crippen molar-refractivity contribution in [3.8, 4) is 0 Å². The van der Waals surface area contributed by atoms with E-state index in [0.717, 1.165) is 75.5 Å². The molecule has 2 heterocycles. The zero-order chi connectivity index (χ0) is 21.4. The van der Waals surface area contributed by atoms with Crippen LogP contribution in [-0.4, -0.2) is 60.9 Å². The van der Waals surface area contributed by atoms with Crippen LogP contribution in [0.5, 0.6) is 0 Å². The fourth-order valence-electron chi connectivity index (χ4n) is 7.52. The van der Waals surface area contributed by atoms with Gasteiger partial charge < -0.3 is 15.1 Å².